The topological polar surface area (TPSA) is 113 Å². The van der Waals surface area contributed by atoms with Gasteiger partial charge in [-0.2, -0.15) is 0 Å². The van der Waals surface area contributed by atoms with E-state index >= 15 is 0 Å². The number of alkyl halides is 1. The molecule has 2 aliphatic rings. The van der Waals surface area contributed by atoms with Gasteiger partial charge in [0.2, 0.25) is 5.91 Å². The Bertz CT molecular complexity index is 868. The van der Waals surface area contributed by atoms with Crippen molar-refractivity contribution in [2.75, 3.05) is 45.2 Å². The lowest BCUT2D eigenvalue weighted by Crippen LogP contribution is -2.46. The molecule has 3 rings (SSSR count). The maximum absolute atomic E-state index is 13.0. The molecule has 0 bridgehead atoms. The molecule has 28 heavy (non-hydrogen) atoms. The number of hydrogen-bond acceptors (Lipinski definition) is 7. The minimum absolute atomic E-state index is 0.0311. The van der Waals surface area contributed by atoms with Gasteiger partial charge in [-0.1, -0.05) is 40.8 Å². The molecule has 1 aromatic carbocycles. The number of benzene rings is 1. The van der Waals surface area contributed by atoms with Crippen LogP contribution in [0.2, 0.25) is 0 Å². The Morgan fingerprint density at radius 1 is 1.32 bits per heavy atom. The molecule has 1 aromatic rings. The maximum Gasteiger partial charge on any atom is 0.239 e. The van der Waals surface area contributed by atoms with Gasteiger partial charge in [0.15, 0.2) is 9.84 Å². The first-order valence-electron chi connectivity index (χ1n) is 9.05. The summed E-state index contributed by atoms with van der Waals surface area (Å²) >= 11 is 2.00. The van der Waals surface area contributed by atoms with E-state index in [1.165, 1.54) is 5.01 Å². The highest BCUT2D eigenvalue weighted by atomic mass is 127. The minimum Gasteiger partial charge on any atom is -0.396 e. The van der Waals surface area contributed by atoms with Crippen LogP contribution in [0.3, 0.4) is 0 Å². The number of ether oxygens (including phenoxy) is 1. The molecule has 2 heterocycles. The highest BCUT2D eigenvalue weighted by Gasteiger charge is 2.38. The van der Waals surface area contributed by atoms with Crippen molar-refractivity contribution in [2.45, 2.75) is 15.2 Å². The van der Waals surface area contributed by atoms with Gasteiger partial charge >= 0.3 is 0 Å². The zero-order chi connectivity index (χ0) is 20.3. The number of sulfone groups is 1. The van der Waals surface area contributed by atoms with Gasteiger partial charge < -0.3 is 19.8 Å². The van der Waals surface area contributed by atoms with E-state index in [9.17, 15) is 13.2 Å². The van der Waals surface area contributed by atoms with Crippen molar-refractivity contribution in [2.24, 2.45) is 5.84 Å². The number of aliphatic hydroxyl groups is 1. The van der Waals surface area contributed by atoms with Crippen LogP contribution in [0, 0.1) is 0 Å². The second kappa shape index (κ2) is 9.08. The third kappa shape index (κ3) is 4.35. The molecule has 3 N–H and O–H groups in total. The number of morpholine rings is 1. The van der Waals surface area contributed by atoms with Gasteiger partial charge in [0.05, 0.1) is 29.6 Å². The molecule has 0 aliphatic carbocycles. The zero-order valence-electron chi connectivity index (χ0n) is 15.4. The van der Waals surface area contributed by atoms with Crippen molar-refractivity contribution in [1.82, 2.24) is 9.91 Å². The Hall–Kier alpha value is -1.21. The van der Waals surface area contributed by atoms with Crippen molar-refractivity contribution in [3.8, 4) is 0 Å². The SMILES string of the molecule is NN(CCCO)C1=C(C(I)C(=O)N2CCOCC2)CS(=O)(=O)c2ccccc21. The van der Waals surface area contributed by atoms with E-state index in [2.05, 4.69) is 0 Å². The summed E-state index contributed by atoms with van der Waals surface area (Å²) in [4.78, 5) is 15.0. The molecule has 1 saturated heterocycles. The minimum atomic E-state index is -3.58. The molecule has 0 spiro atoms. The molecular formula is C18H24IN3O5S. The molecule has 8 nitrogen and oxygen atoms in total. The average Bonchev–Trinajstić information content (AvgIpc) is 2.71. The molecule has 0 aromatic heterocycles. The number of halogens is 1. The molecule has 1 unspecified atom stereocenters. The fraction of sp³-hybridized carbons (Fsp3) is 0.500. The molecular weight excluding hydrogens is 497 g/mol. The van der Waals surface area contributed by atoms with E-state index in [-0.39, 0.29) is 23.2 Å². The average molecular weight is 521 g/mol. The van der Waals surface area contributed by atoms with Crippen LogP contribution in [0.4, 0.5) is 0 Å². The number of hydrogen-bond donors (Lipinski definition) is 2. The standard InChI is InChI=1S/C18H24IN3O5S/c19-16(18(24)21-7-10-27-11-8-21)14-12-28(25,26)15-5-2-1-4-13(15)17(14)22(20)6-3-9-23/h1-2,4-5,16,23H,3,6-12,20H2. The van der Waals surface area contributed by atoms with Crippen LogP contribution in [0.1, 0.15) is 12.0 Å². The molecule has 0 radical (unpaired) electrons. The van der Waals surface area contributed by atoms with Crippen LogP contribution >= 0.6 is 22.6 Å². The van der Waals surface area contributed by atoms with E-state index in [1.807, 2.05) is 22.6 Å². The summed E-state index contributed by atoms with van der Waals surface area (Å²) in [5, 5.41) is 10.6. The summed E-state index contributed by atoms with van der Waals surface area (Å²) in [6.45, 7) is 2.24. The van der Waals surface area contributed by atoms with Crippen LogP contribution in [0.5, 0.6) is 0 Å². The number of fused-ring (bicyclic) bond motifs is 1. The number of aliphatic hydroxyl groups excluding tert-OH is 1. The normalized spacial score (nSPS) is 19.9. The summed E-state index contributed by atoms with van der Waals surface area (Å²) in [6, 6.07) is 6.70. The Kier molecular flexibility index (Phi) is 6.97. The Labute approximate surface area is 178 Å². The lowest BCUT2D eigenvalue weighted by molar-refractivity contribution is -0.133. The number of amides is 1. The number of carbonyl (C=O) groups is 1. The fourth-order valence-electron chi connectivity index (χ4n) is 3.44. The van der Waals surface area contributed by atoms with Crippen LogP contribution in [-0.4, -0.2) is 78.5 Å². The van der Waals surface area contributed by atoms with E-state index in [1.54, 1.807) is 29.2 Å². The quantitative estimate of drug-likeness (QED) is 0.241. The van der Waals surface area contributed by atoms with Gasteiger partial charge in [-0.05, 0) is 18.1 Å². The molecule has 1 fully saturated rings. The van der Waals surface area contributed by atoms with Crippen molar-refractivity contribution >= 4 is 44.0 Å². The predicted octanol–water partition coefficient (Wildman–Crippen LogP) is 0.406. The summed E-state index contributed by atoms with van der Waals surface area (Å²) in [7, 11) is -3.58. The van der Waals surface area contributed by atoms with Gasteiger partial charge in [-0.15, -0.1) is 0 Å². The largest absolute Gasteiger partial charge is 0.396 e. The fourth-order valence-corrected chi connectivity index (χ4v) is 6.30. The van der Waals surface area contributed by atoms with Crippen molar-refractivity contribution in [1.29, 1.82) is 0 Å². The van der Waals surface area contributed by atoms with Crippen LogP contribution < -0.4 is 5.84 Å². The molecule has 154 valence electrons. The first-order valence-corrected chi connectivity index (χ1v) is 12.0. The van der Waals surface area contributed by atoms with Crippen LogP contribution in [-0.2, 0) is 19.4 Å². The highest BCUT2D eigenvalue weighted by molar-refractivity contribution is 14.1. The van der Waals surface area contributed by atoms with Gasteiger partial charge in [-0.3, -0.25) is 4.79 Å². The Morgan fingerprint density at radius 3 is 2.68 bits per heavy atom. The number of hydrazine groups is 1. The van der Waals surface area contributed by atoms with E-state index < -0.39 is 13.8 Å². The molecule has 0 saturated carbocycles. The van der Waals surface area contributed by atoms with Gasteiger partial charge in [0, 0.05) is 31.8 Å². The van der Waals surface area contributed by atoms with Crippen molar-refractivity contribution < 1.29 is 23.1 Å². The van der Waals surface area contributed by atoms with Crippen molar-refractivity contribution in [3.05, 3.63) is 35.4 Å². The van der Waals surface area contributed by atoms with E-state index in [0.29, 0.717) is 56.1 Å². The smallest absolute Gasteiger partial charge is 0.239 e. The summed E-state index contributed by atoms with van der Waals surface area (Å²) in [5.74, 6) is 5.87. The maximum atomic E-state index is 13.0. The third-order valence-corrected chi connectivity index (χ3v) is 7.82. The number of nitrogens with zero attached hydrogens (tertiary/aromatic N) is 2. The third-order valence-electron chi connectivity index (χ3n) is 4.82. The lowest BCUT2D eigenvalue weighted by Gasteiger charge is -2.34. The van der Waals surface area contributed by atoms with Crippen LogP contribution in [0.15, 0.2) is 34.7 Å². The molecule has 10 heteroatoms. The summed E-state index contributed by atoms with van der Waals surface area (Å²) in [6.07, 6.45) is 0.436. The summed E-state index contributed by atoms with van der Waals surface area (Å²) < 4.78 is 30.4. The van der Waals surface area contributed by atoms with E-state index in [4.69, 9.17) is 15.7 Å². The lowest BCUT2D eigenvalue weighted by atomic mass is 10.0. The van der Waals surface area contributed by atoms with E-state index in [0.717, 1.165) is 0 Å². The monoisotopic (exact) mass is 521 g/mol. The number of rotatable bonds is 6. The van der Waals surface area contributed by atoms with Gasteiger partial charge in [-0.25, -0.2) is 14.3 Å². The second-order valence-corrected chi connectivity index (χ2v) is 9.90. The Balaban J connectivity index is 2.06. The van der Waals surface area contributed by atoms with Gasteiger partial charge in [0.25, 0.3) is 0 Å². The first kappa shape index (κ1) is 21.5. The highest BCUT2D eigenvalue weighted by Crippen LogP contribution is 2.38. The van der Waals surface area contributed by atoms with Crippen LogP contribution in [0.25, 0.3) is 5.70 Å². The van der Waals surface area contributed by atoms with Gasteiger partial charge in [0.1, 0.15) is 3.92 Å². The molecule has 1 atom stereocenters. The number of nitrogens with two attached hydrogens (primary N) is 1. The van der Waals surface area contributed by atoms with Crippen molar-refractivity contribution in [3.63, 3.8) is 0 Å². The second-order valence-electron chi connectivity index (χ2n) is 6.70. The molecule has 1 amide bonds. The first-order chi connectivity index (χ1) is 13.4. The Morgan fingerprint density at radius 2 is 2.00 bits per heavy atom. The zero-order valence-corrected chi connectivity index (χ0v) is 18.4. The molecule has 2 aliphatic heterocycles. The summed E-state index contributed by atoms with van der Waals surface area (Å²) in [5.41, 5.74) is 1.54. The number of carbonyl (C=O) groups excluding carboxylic acids is 1. The predicted molar refractivity (Wildman–Crippen MR) is 113 cm³/mol.